The molecule has 3 N–H and O–H groups in total. The lowest BCUT2D eigenvalue weighted by atomic mass is 9.87. The van der Waals surface area contributed by atoms with Gasteiger partial charge in [-0.25, -0.2) is 4.98 Å². The van der Waals surface area contributed by atoms with Crippen molar-refractivity contribution in [3.63, 3.8) is 0 Å². The molecule has 0 saturated heterocycles. The van der Waals surface area contributed by atoms with Gasteiger partial charge >= 0.3 is 0 Å². The van der Waals surface area contributed by atoms with Gasteiger partial charge in [-0.2, -0.15) is 0 Å². The normalized spacial score (nSPS) is 18.3. The lowest BCUT2D eigenvalue weighted by molar-refractivity contribution is -0.117. The van der Waals surface area contributed by atoms with Crippen LogP contribution >= 0.6 is 0 Å². The molecule has 1 fully saturated rings. The van der Waals surface area contributed by atoms with Crippen molar-refractivity contribution in [3.8, 4) is 5.88 Å². The smallest absolute Gasteiger partial charge is 0.247 e. The fourth-order valence-electron chi connectivity index (χ4n) is 3.71. The van der Waals surface area contributed by atoms with Crippen LogP contribution in [0.1, 0.15) is 58.9 Å². The maximum Gasteiger partial charge on any atom is 0.247 e. The van der Waals surface area contributed by atoms with Gasteiger partial charge in [0.2, 0.25) is 11.8 Å². The number of rotatable bonds is 13. The fourth-order valence-corrected chi connectivity index (χ4v) is 3.71. The zero-order valence-corrected chi connectivity index (χ0v) is 24.3. The molecule has 218 valence electrons. The number of nitrogens with zero attached hydrogens (tertiary/aromatic N) is 2. The van der Waals surface area contributed by atoms with Crippen molar-refractivity contribution < 1.29 is 24.5 Å². The number of nitrogens with one attached hydrogen (secondary N) is 1. The lowest BCUT2D eigenvalue weighted by Gasteiger charge is -2.29. The number of carbonyl (C=O) groups is 1. The first kappa shape index (κ1) is 34.3. The maximum atomic E-state index is 11.8. The van der Waals surface area contributed by atoms with E-state index in [4.69, 9.17) is 19.7 Å². The second-order valence-electron chi connectivity index (χ2n) is 9.05. The van der Waals surface area contributed by atoms with Gasteiger partial charge in [0.25, 0.3) is 0 Å². The largest absolute Gasteiger partial charge is 0.474 e. The lowest BCUT2D eigenvalue weighted by Crippen LogP contribution is -2.30. The molecule has 1 heterocycles. The van der Waals surface area contributed by atoms with Crippen LogP contribution in [0.3, 0.4) is 0 Å². The van der Waals surface area contributed by atoms with Crippen molar-refractivity contribution in [2.45, 2.75) is 65.8 Å². The first-order valence-electron chi connectivity index (χ1n) is 13.6. The summed E-state index contributed by atoms with van der Waals surface area (Å²) in [5, 5.41) is 21.0. The molecule has 0 radical (unpaired) electrons. The second-order valence-corrected chi connectivity index (χ2v) is 9.05. The summed E-state index contributed by atoms with van der Waals surface area (Å²) in [5.74, 6) is 1.70. The molecule has 0 atom stereocenters. The van der Waals surface area contributed by atoms with Crippen LogP contribution in [0.2, 0.25) is 0 Å². The molecule has 1 saturated carbocycles. The number of allylic oxidation sites excluding steroid dienone is 6. The fraction of sp³-hybridized carbons (Fsp3) is 0.406. The van der Waals surface area contributed by atoms with Gasteiger partial charge in [0.05, 0.1) is 0 Å². The van der Waals surface area contributed by atoms with Crippen LogP contribution in [0.4, 0.5) is 0 Å². The summed E-state index contributed by atoms with van der Waals surface area (Å²) in [6, 6.07) is 3.79. The third-order valence-electron chi connectivity index (χ3n) is 5.87. The molecule has 40 heavy (non-hydrogen) atoms. The highest BCUT2D eigenvalue weighted by Crippen LogP contribution is 2.28. The minimum Gasteiger partial charge on any atom is -0.474 e. The number of aliphatic hydroxyl groups is 2. The molecule has 1 amide bonds. The Hall–Kier alpha value is -3.75. The topological polar surface area (TPSA) is 113 Å². The number of hydrogen-bond acceptors (Lipinski definition) is 7. The molecule has 0 aliphatic heterocycles. The Balaban J connectivity index is 0.000000400. The van der Waals surface area contributed by atoms with Crippen LogP contribution in [0, 0.1) is 5.92 Å². The highest BCUT2D eigenvalue weighted by Gasteiger charge is 2.26. The van der Waals surface area contributed by atoms with Crippen LogP contribution in [-0.4, -0.2) is 52.8 Å². The van der Waals surface area contributed by atoms with Crippen molar-refractivity contribution in [1.82, 2.24) is 10.3 Å². The van der Waals surface area contributed by atoms with Gasteiger partial charge in [-0.3, -0.25) is 9.79 Å². The molecule has 1 aromatic heterocycles. The molecule has 1 aliphatic rings. The van der Waals surface area contributed by atoms with E-state index in [1.54, 1.807) is 43.6 Å². The van der Waals surface area contributed by atoms with Crippen LogP contribution in [0.5, 0.6) is 5.88 Å². The minimum atomic E-state index is -1.20. The van der Waals surface area contributed by atoms with Crippen LogP contribution in [-0.2, 0) is 9.53 Å². The van der Waals surface area contributed by atoms with Crippen molar-refractivity contribution >= 4 is 12.1 Å². The van der Waals surface area contributed by atoms with E-state index in [1.807, 2.05) is 51.1 Å². The number of aromatic nitrogens is 1. The van der Waals surface area contributed by atoms with E-state index in [2.05, 4.69) is 28.5 Å². The van der Waals surface area contributed by atoms with Crippen molar-refractivity contribution in [2.24, 2.45) is 10.9 Å². The quantitative estimate of drug-likeness (QED) is 0.0738. The second kappa shape index (κ2) is 20.2. The molecule has 0 bridgehead atoms. The van der Waals surface area contributed by atoms with E-state index < -0.39 is 6.29 Å². The monoisotopic (exact) mass is 551 g/mol. The number of amides is 1. The Labute approximate surface area is 239 Å². The maximum absolute atomic E-state index is 11.8. The van der Waals surface area contributed by atoms with Gasteiger partial charge in [-0.15, -0.1) is 6.58 Å². The summed E-state index contributed by atoms with van der Waals surface area (Å²) < 4.78 is 11.5. The van der Waals surface area contributed by atoms with Gasteiger partial charge in [-0.05, 0) is 83.7 Å². The van der Waals surface area contributed by atoms with Crippen LogP contribution < -0.4 is 10.1 Å². The number of carbonyl (C=O) groups excluding carboxylic acids is 1. The molecule has 0 unspecified atom stereocenters. The summed E-state index contributed by atoms with van der Waals surface area (Å²) in [6.07, 6.45) is 17.9. The third-order valence-corrected chi connectivity index (χ3v) is 5.87. The predicted molar refractivity (Wildman–Crippen MR) is 162 cm³/mol. The van der Waals surface area contributed by atoms with Gasteiger partial charge in [0, 0.05) is 48.6 Å². The van der Waals surface area contributed by atoms with E-state index in [1.165, 1.54) is 0 Å². The highest BCUT2D eigenvalue weighted by molar-refractivity contribution is 5.93. The van der Waals surface area contributed by atoms with Crippen molar-refractivity contribution in [3.05, 3.63) is 96.7 Å². The van der Waals surface area contributed by atoms with Gasteiger partial charge in [0.1, 0.15) is 17.6 Å². The zero-order chi connectivity index (χ0) is 29.8. The van der Waals surface area contributed by atoms with Crippen LogP contribution in [0.15, 0.2) is 96.1 Å². The van der Waals surface area contributed by atoms with E-state index in [0.717, 1.165) is 37.8 Å². The summed E-state index contributed by atoms with van der Waals surface area (Å²) in [6.45, 7) is 15.9. The van der Waals surface area contributed by atoms with Crippen molar-refractivity contribution in [2.75, 3.05) is 13.1 Å². The molecule has 8 nitrogen and oxygen atoms in total. The molecular formula is C32H45N3O5. The Morgan fingerprint density at radius 1 is 1.20 bits per heavy atom. The predicted octanol–water partition coefficient (Wildman–Crippen LogP) is 5.57. The number of pyridine rings is 1. The Morgan fingerprint density at radius 2 is 1.93 bits per heavy atom. The summed E-state index contributed by atoms with van der Waals surface area (Å²) in [7, 11) is 0. The average Bonchev–Trinajstić information content (AvgIpc) is 2.96. The van der Waals surface area contributed by atoms with Crippen molar-refractivity contribution in [1.29, 1.82) is 0 Å². The minimum absolute atomic E-state index is 0.0181. The number of aliphatic hydroxyl groups excluding tert-OH is 1. The van der Waals surface area contributed by atoms with Gasteiger partial charge in [0.15, 0.2) is 6.29 Å². The number of ether oxygens (including phenoxy) is 2. The third kappa shape index (κ3) is 13.9. The molecule has 1 aromatic rings. The summed E-state index contributed by atoms with van der Waals surface area (Å²) in [5.41, 5.74) is 1.52. The Morgan fingerprint density at radius 3 is 2.45 bits per heavy atom. The van der Waals surface area contributed by atoms with Gasteiger partial charge < -0.3 is 25.0 Å². The first-order chi connectivity index (χ1) is 19.3. The number of aliphatic imine (C=N–C) groups is 1. The molecule has 8 heteroatoms. The average molecular weight is 552 g/mol. The van der Waals surface area contributed by atoms with Gasteiger partial charge in [-0.1, -0.05) is 24.8 Å². The zero-order valence-electron chi connectivity index (χ0n) is 24.3. The van der Waals surface area contributed by atoms with E-state index in [9.17, 15) is 4.79 Å². The Bertz CT molecular complexity index is 1060. The van der Waals surface area contributed by atoms with E-state index in [-0.39, 0.29) is 17.9 Å². The standard InChI is InChI=1S/C17H23NO2.C15H22N2O3/c1-6-10-15(9-4)20-16(11-7-2)13-14(5)17(19)18-12-8-3;1-2-16-9-11-3-8-14(17-10-11)20-13-6-4-12(5-7-13)15(18)19/h6-11,13H,2-3,12H2,1,4-5H3,(H,18,19);3,8-10,12-13,15,18-19H,2,4-7H2,1H3/b10-6-,14-13+,15-9+,16-11+;. The Kier molecular flexibility index (Phi) is 17.3. The van der Waals surface area contributed by atoms with E-state index in [0.29, 0.717) is 29.5 Å². The number of hydrogen-bond donors (Lipinski definition) is 3. The SMILES string of the molecule is C=C/C=C(\C=C(/C)C(=O)NCC=C)OC(/C=C\C)=C/C.CCN=Cc1ccc(OC2CCC(C(O)O)CC2)nc1. The highest BCUT2D eigenvalue weighted by atomic mass is 16.5. The van der Waals surface area contributed by atoms with Crippen LogP contribution in [0.25, 0.3) is 0 Å². The molecule has 2 rings (SSSR count). The summed E-state index contributed by atoms with van der Waals surface area (Å²) >= 11 is 0. The van der Waals surface area contributed by atoms with E-state index >= 15 is 0 Å². The molecule has 0 aromatic carbocycles. The molecule has 0 spiro atoms. The summed E-state index contributed by atoms with van der Waals surface area (Å²) in [4.78, 5) is 20.2. The molecular weight excluding hydrogens is 506 g/mol. The first-order valence-corrected chi connectivity index (χ1v) is 13.6. The molecule has 1 aliphatic carbocycles.